The largest absolute Gasteiger partial charge is 0.489 e. The number of nitrogens with zero attached hydrogens (tertiary/aromatic N) is 2. The summed E-state index contributed by atoms with van der Waals surface area (Å²) in [5.74, 6) is 0.976. The molecule has 168 valence electrons. The number of rotatable bonds is 8. The fourth-order valence-corrected chi connectivity index (χ4v) is 3.20. The number of thiol groups is 2. The summed E-state index contributed by atoms with van der Waals surface area (Å²) in [5.41, 5.74) is 1.11. The Morgan fingerprint density at radius 2 is 1.90 bits per heavy atom. The van der Waals surface area contributed by atoms with Gasteiger partial charge >= 0.3 is 0 Å². The lowest BCUT2D eigenvalue weighted by atomic mass is 9.94. The van der Waals surface area contributed by atoms with Gasteiger partial charge in [0.25, 0.3) is 0 Å². The van der Waals surface area contributed by atoms with E-state index >= 15 is 0 Å². The van der Waals surface area contributed by atoms with Crippen molar-refractivity contribution in [3.05, 3.63) is 47.3 Å². The summed E-state index contributed by atoms with van der Waals surface area (Å²) in [5, 5.41) is 9.62. The molecule has 0 spiro atoms. The van der Waals surface area contributed by atoms with E-state index in [-0.39, 0.29) is 25.1 Å². The zero-order chi connectivity index (χ0) is 22.7. The van der Waals surface area contributed by atoms with Crippen molar-refractivity contribution in [2.24, 2.45) is 5.92 Å². The highest BCUT2D eigenvalue weighted by atomic mass is 33.1. The summed E-state index contributed by atoms with van der Waals surface area (Å²) >= 11 is 6.44. The molecule has 1 saturated carbocycles. The molecule has 0 radical (unpaired) electrons. The molecule has 0 unspecified atom stereocenters. The topological polar surface area (TPSA) is 73.7 Å². The van der Waals surface area contributed by atoms with Crippen LogP contribution in [0.5, 0.6) is 11.5 Å². The van der Waals surface area contributed by atoms with Gasteiger partial charge in [0.1, 0.15) is 5.82 Å². The minimum Gasteiger partial charge on any atom is -0.489 e. The number of hydrogen-bond acceptors (Lipinski definition) is 8. The molecule has 1 aliphatic carbocycles. The van der Waals surface area contributed by atoms with Gasteiger partial charge in [0.2, 0.25) is 0 Å². The molecule has 0 aliphatic heterocycles. The number of hydrogen-bond donors (Lipinski definition) is 3. The Bertz CT molecular complexity index is 798. The Balaban J connectivity index is 0.00000106. The second kappa shape index (κ2) is 13.0. The van der Waals surface area contributed by atoms with E-state index in [0.717, 1.165) is 17.7 Å². The van der Waals surface area contributed by atoms with E-state index < -0.39 is 11.2 Å². The fraction of sp³-hybridized carbons (Fsp3) is 0.524. The summed E-state index contributed by atoms with van der Waals surface area (Å²) in [6.45, 7) is 8.00. The predicted molar refractivity (Wildman–Crippen MR) is 122 cm³/mol. The van der Waals surface area contributed by atoms with E-state index in [1.165, 1.54) is 13.2 Å². The summed E-state index contributed by atoms with van der Waals surface area (Å²) in [6.07, 6.45) is 2.37. The van der Waals surface area contributed by atoms with Crippen molar-refractivity contribution in [3.63, 3.8) is 0 Å². The van der Waals surface area contributed by atoms with Gasteiger partial charge in [-0.1, -0.05) is 19.9 Å². The van der Waals surface area contributed by atoms with Crippen molar-refractivity contribution >= 4 is 23.3 Å². The zero-order valence-corrected chi connectivity index (χ0v) is 19.8. The number of aliphatic hydroxyl groups is 1. The lowest BCUT2D eigenvalue weighted by Gasteiger charge is -2.20. The van der Waals surface area contributed by atoms with E-state index in [2.05, 4.69) is 33.3 Å². The molecule has 1 fully saturated rings. The molecule has 3 rings (SSSR count). The second-order valence-electron chi connectivity index (χ2n) is 6.59. The average molecular weight is 459 g/mol. The standard InChI is InChI=1S/C19H23FN2O4.C2H6.H2S2/c1-12-18(8-21-13(2)22-12)25-10-19(7-15(19)9-23)14-4-5-17(16(20)6-14)26-11-24-3;2*1-2/h4-6,8,15,23H,7,9-11H2,1-3H3;1-2H3;1-2H/t15-,19+;;/m0../s1. The van der Waals surface area contributed by atoms with Gasteiger partial charge < -0.3 is 19.3 Å². The van der Waals surface area contributed by atoms with Crippen molar-refractivity contribution < 1.29 is 23.7 Å². The van der Waals surface area contributed by atoms with Gasteiger partial charge in [-0.25, -0.2) is 14.4 Å². The Kier molecular flexibility index (Phi) is 11.5. The van der Waals surface area contributed by atoms with Crippen LogP contribution in [-0.4, -0.2) is 42.2 Å². The third kappa shape index (κ3) is 6.47. The Labute approximate surface area is 188 Å². The third-order valence-electron chi connectivity index (χ3n) is 4.83. The molecule has 2 atom stereocenters. The number of aryl methyl sites for hydroxylation is 2. The normalized spacial score (nSPS) is 19.0. The average Bonchev–Trinajstić information content (AvgIpc) is 3.50. The number of benzene rings is 1. The molecule has 0 saturated heterocycles. The quantitative estimate of drug-likeness (QED) is 0.311. The van der Waals surface area contributed by atoms with Crippen LogP contribution in [-0.2, 0) is 10.2 Å². The van der Waals surface area contributed by atoms with Crippen LogP contribution in [0.2, 0.25) is 0 Å². The van der Waals surface area contributed by atoms with Gasteiger partial charge in [-0.05, 0) is 43.9 Å². The second-order valence-corrected chi connectivity index (χ2v) is 6.59. The van der Waals surface area contributed by atoms with Gasteiger partial charge in [-0.15, -0.1) is 23.3 Å². The highest BCUT2D eigenvalue weighted by Gasteiger charge is 2.56. The van der Waals surface area contributed by atoms with Crippen molar-refractivity contribution in [1.82, 2.24) is 9.97 Å². The Hall–Kier alpha value is -1.55. The third-order valence-corrected chi connectivity index (χ3v) is 4.83. The van der Waals surface area contributed by atoms with E-state index in [9.17, 15) is 9.50 Å². The maximum Gasteiger partial charge on any atom is 0.188 e. The molecule has 6 nitrogen and oxygen atoms in total. The van der Waals surface area contributed by atoms with Crippen LogP contribution < -0.4 is 9.47 Å². The number of ether oxygens (including phenoxy) is 3. The smallest absolute Gasteiger partial charge is 0.188 e. The maximum absolute atomic E-state index is 14.3. The summed E-state index contributed by atoms with van der Waals surface area (Å²) in [6, 6.07) is 4.84. The van der Waals surface area contributed by atoms with Crippen LogP contribution in [0.1, 0.15) is 37.4 Å². The van der Waals surface area contributed by atoms with Crippen LogP contribution in [0.4, 0.5) is 4.39 Å². The maximum atomic E-state index is 14.3. The molecule has 0 bridgehead atoms. The molecule has 1 aromatic carbocycles. The summed E-state index contributed by atoms with van der Waals surface area (Å²) < 4.78 is 30.2. The molecule has 30 heavy (non-hydrogen) atoms. The van der Waals surface area contributed by atoms with Gasteiger partial charge in [-0.2, -0.15) is 0 Å². The number of halogens is 1. The summed E-state index contributed by atoms with van der Waals surface area (Å²) in [4.78, 5) is 8.44. The molecule has 1 aromatic heterocycles. The number of aromatic nitrogens is 2. The van der Waals surface area contributed by atoms with Crippen LogP contribution in [0, 0.1) is 25.6 Å². The minimum atomic E-state index is -0.461. The molecule has 9 heteroatoms. The van der Waals surface area contributed by atoms with E-state index in [4.69, 9.17) is 14.2 Å². The van der Waals surface area contributed by atoms with E-state index in [1.54, 1.807) is 12.3 Å². The van der Waals surface area contributed by atoms with E-state index in [0.29, 0.717) is 18.2 Å². The number of methoxy groups -OCH3 is 1. The lowest BCUT2D eigenvalue weighted by molar-refractivity contribution is 0.0482. The van der Waals surface area contributed by atoms with Gasteiger partial charge in [0.15, 0.2) is 24.1 Å². The van der Waals surface area contributed by atoms with Crippen molar-refractivity contribution in [2.45, 2.75) is 39.5 Å². The molecule has 1 heterocycles. The van der Waals surface area contributed by atoms with Crippen LogP contribution in [0.25, 0.3) is 0 Å². The minimum absolute atomic E-state index is 0.0174. The van der Waals surface area contributed by atoms with Gasteiger partial charge in [0, 0.05) is 19.1 Å². The highest BCUT2D eigenvalue weighted by molar-refractivity contribution is 8.59. The first kappa shape index (κ1) is 26.5. The van der Waals surface area contributed by atoms with Crippen molar-refractivity contribution in [1.29, 1.82) is 0 Å². The van der Waals surface area contributed by atoms with Crippen LogP contribution in [0.3, 0.4) is 0 Å². The molecular weight excluding hydrogens is 427 g/mol. The Morgan fingerprint density at radius 3 is 2.43 bits per heavy atom. The van der Waals surface area contributed by atoms with Gasteiger partial charge in [0.05, 0.1) is 18.5 Å². The SMILES string of the molecule is CC.COCOc1ccc([C@]2(COc3cnc(C)nc3C)C[C@H]2CO)cc1F.SS. The van der Waals surface area contributed by atoms with E-state index in [1.807, 2.05) is 33.8 Å². The zero-order valence-electron chi connectivity index (χ0n) is 18.1. The fourth-order valence-electron chi connectivity index (χ4n) is 3.20. The van der Waals surface area contributed by atoms with Crippen LogP contribution in [0.15, 0.2) is 24.4 Å². The van der Waals surface area contributed by atoms with Crippen molar-refractivity contribution in [3.8, 4) is 11.5 Å². The highest BCUT2D eigenvalue weighted by Crippen LogP contribution is 2.54. The van der Waals surface area contributed by atoms with Crippen molar-refractivity contribution in [2.75, 3.05) is 27.1 Å². The molecular formula is C21H31FN2O4S2. The lowest BCUT2D eigenvalue weighted by Crippen LogP contribution is -2.22. The first-order valence-corrected chi connectivity index (χ1v) is 11.3. The van der Waals surface area contributed by atoms with Crippen LogP contribution >= 0.6 is 23.3 Å². The summed E-state index contributed by atoms with van der Waals surface area (Å²) in [7, 11) is 1.48. The monoisotopic (exact) mass is 458 g/mol. The predicted octanol–water partition coefficient (Wildman–Crippen LogP) is 4.33. The molecule has 0 amide bonds. The number of aliphatic hydroxyl groups excluding tert-OH is 1. The first-order chi connectivity index (χ1) is 14.5. The molecule has 1 N–H and O–H groups in total. The molecule has 2 aromatic rings. The van der Waals surface area contributed by atoms with Gasteiger partial charge in [-0.3, -0.25) is 0 Å². The molecule has 1 aliphatic rings. The first-order valence-electron chi connectivity index (χ1n) is 9.66. The Morgan fingerprint density at radius 1 is 1.20 bits per heavy atom.